The Morgan fingerprint density at radius 1 is 1.47 bits per heavy atom. The quantitative estimate of drug-likeness (QED) is 0.882. The molecule has 0 bridgehead atoms. The molecule has 1 aromatic rings. The lowest BCUT2D eigenvalue weighted by Gasteiger charge is -2.26. The molecule has 0 aromatic heterocycles. The molecule has 1 saturated carbocycles. The van der Waals surface area contributed by atoms with Gasteiger partial charge in [0.1, 0.15) is 17.1 Å². The number of nitrogens with one attached hydrogen (secondary N) is 1. The van der Waals surface area contributed by atoms with Crippen LogP contribution in [0.25, 0.3) is 0 Å². The first kappa shape index (κ1) is 13.8. The van der Waals surface area contributed by atoms with Crippen molar-refractivity contribution >= 4 is 5.91 Å². The Labute approximate surface area is 112 Å². The summed E-state index contributed by atoms with van der Waals surface area (Å²) in [5.41, 5.74) is -0.258. The molecule has 0 radical (unpaired) electrons. The van der Waals surface area contributed by atoms with Crippen LogP contribution >= 0.6 is 0 Å². The Balaban J connectivity index is 1.94. The van der Waals surface area contributed by atoms with Gasteiger partial charge in [0.2, 0.25) is 0 Å². The Bertz CT molecular complexity index is 441. The van der Waals surface area contributed by atoms with E-state index in [1.807, 2.05) is 0 Å². The van der Waals surface area contributed by atoms with E-state index >= 15 is 0 Å². The van der Waals surface area contributed by atoms with E-state index in [0.717, 1.165) is 12.8 Å². The number of hydrogen-bond donors (Lipinski definition) is 2. The van der Waals surface area contributed by atoms with Crippen LogP contribution < -0.4 is 5.32 Å². The van der Waals surface area contributed by atoms with E-state index in [0.29, 0.717) is 18.4 Å². The predicted octanol–water partition coefficient (Wildman–Crippen LogP) is 3.09. The fourth-order valence-corrected chi connectivity index (χ4v) is 2.81. The fourth-order valence-electron chi connectivity index (χ4n) is 2.81. The molecular formula is C15H20FNO2. The molecule has 104 valence electrons. The third-order valence-corrected chi connectivity index (χ3v) is 3.81. The summed E-state index contributed by atoms with van der Waals surface area (Å²) in [4.78, 5) is 11.9. The molecule has 0 spiro atoms. The van der Waals surface area contributed by atoms with Gasteiger partial charge in [0.15, 0.2) is 0 Å². The van der Waals surface area contributed by atoms with Crippen molar-refractivity contribution in [3.63, 3.8) is 0 Å². The first-order valence-corrected chi connectivity index (χ1v) is 6.83. The lowest BCUT2D eigenvalue weighted by molar-refractivity contribution is 0.0933. The molecule has 2 rings (SSSR count). The third kappa shape index (κ3) is 3.46. The van der Waals surface area contributed by atoms with Crippen LogP contribution in [0.2, 0.25) is 0 Å². The van der Waals surface area contributed by atoms with Crippen LogP contribution in [0.5, 0.6) is 5.75 Å². The number of halogens is 1. The zero-order valence-corrected chi connectivity index (χ0v) is 11.2. The highest BCUT2D eigenvalue weighted by Crippen LogP contribution is 2.28. The lowest BCUT2D eigenvalue weighted by Crippen LogP contribution is -2.32. The van der Waals surface area contributed by atoms with Crippen molar-refractivity contribution in [1.82, 2.24) is 5.32 Å². The van der Waals surface area contributed by atoms with Crippen LogP contribution in [-0.2, 0) is 0 Å². The molecule has 0 heterocycles. The summed E-state index contributed by atoms with van der Waals surface area (Å²) in [6, 6.07) is 3.88. The van der Waals surface area contributed by atoms with Gasteiger partial charge in [-0.1, -0.05) is 25.8 Å². The maximum absolute atomic E-state index is 13.5. The summed E-state index contributed by atoms with van der Waals surface area (Å²) in [6.07, 6.45) is 4.64. The minimum Gasteiger partial charge on any atom is -0.507 e. The highest BCUT2D eigenvalue weighted by Gasteiger charge is 2.21. The highest BCUT2D eigenvalue weighted by atomic mass is 19.1. The summed E-state index contributed by atoms with van der Waals surface area (Å²) in [7, 11) is 0. The van der Waals surface area contributed by atoms with Crippen molar-refractivity contribution in [2.45, 2.75) is 32.6 Å². The van der Waals surface area contributed by atoms with Crippen molar-refractivity contribution in [1.29, 1.82) is 0 Å². The van der Waals surface area contributed by atoms with Crippen LogP contribution in [0, 0.1) is 17.7 Å². The summed E-state index contributed by atoms with van der Waals surface area (Å²) in [6.45, 7) is 2.77. The van der Waals surface area contributed by atoms with E-state index in [2.05, 4.69) is 12.2 Å². The van der Waals surface area contributed by atoms with Crippen molar-refractivity contribution in [3.05, 3.63) is 29.6 Å². The molecule has 1 aliphatic carbocycles. The van der Waals surface area contributed by atoms with Gasteiger partial charge in [-0.2, -0.15) is 0 Å². The largest absolute Gasteiger partial charge is 0.507 e. The molecule has 2 atom stereocenters. The van der Waals surface area contributed by atoms with Gasteiger partial charge in [0.05, 0.1) is 0 Å². The molecule has 3 nitrogen and oxygen atoms in total. The number of carbonyl (C=O) groups is 1. The second-order valence-corrected chi connectivity index (χ2v) is 5.48. The maximum atomic E-state index is 13.5. The first-order valence-electron chi connectivity index (χ1n) is 6.83. The zero-order valence-electron chi connectivity index (χ0n) is 11.2. The molecule has 4 heteroatoms. The SMILES string of the molecule is CC1CCCC(CNC(=O)c2c(O)cccc2F)C1. The molecule has 2 unspecified atom stereocenters. The van der Waals surface area contributed by atoms with Crippen LogP contribution in [0.15, 0.2) is 18.2 Å². The molecule has 19 heavy (non-hydrogen) atoms. The normalized spacial score (nSPS) is 23.1. The van der Waals surface area contributed by atoms with Crippen LogP contribution in [0.1, 0.15) is 43.0 Å². The molecule has 0 aliphatic heterocycles. The lowest BCUT2D eigenvalue weighted by atomic mass is 9.82. The monoisotopic (exact) mass is 265 g/mol. The van der Waals surface area contributed by atoms with E-state index in [4.69, 9.17) is 0 Å². The summed E-state index contributed by atoms with van der Waals surface area (Å²) < 4.78 is 13.5. The maximum Gasteiger partial charge on any atom is 0.258 e. The van der Waals surface area contributed by atoms with Gasteiger partial charge in [-0.05, 0) is 36.8 Å². The Morgan fingerprint density at radius 2 is 2.26 bits per heavy atom. The van der Waals surface area contributed by atoms with Gasteiger partial charge < -0.3 is 10.4 Å². The molecule has 1 aromatic carbocycles. The summed E-state index contributed by atoms with van der Waals surface area (Å²) in [5, 5.41) is 12.3. The topological polar surface area (TPSA) is 49.3 Å². The Hall–Kier alpha value is -1.58. The number of phenols is 1. The summed E-state index contributed by atoms with van der Waals surface area (Å²) in [5.74, 6) is -0.378. The zero-order chi connectivity index (χ0) is 13.8. The molecule has 2 N–H and O–H groups in total. The standard InChI is InChI=1S/C15H20FNO2/c1-10-4-2-5-11(8-10)9-17-15(19)14-12(16)6-3-7-13(14)18/h3,6-7,10-11,18H,2,4-5,8-9H2,1H3,(H,17,19). The fraction of sp³-hybridized carbons (Fsp3) is 0.533. The smallest absolute Gasteiger partial charge is 0.258 e. The number of hydrogen-bond acceptors (Lipinski definition) is 2. The van der Waals surface area contributed by atoms with Crippen LogP contribution in [-0.4, -0.2) is 17.6 Å². The van der Waals surface area contributed by atoms with Crippen LogP contribution in [0.4, 0.5) is 4.39 Å². The van der Waals surface area contributed by atoms with E-state index in [-0.39, 0.29) is 11.3 Å². The Morgan fingerprint density at radius 3 is 2.95 bits per heavy atom. The van der Waals surface area contributed by atoms with Gasteiger partial charge in [-0.25, -0.2) is 4.39 Å². The predicted molar refractivity (Wildman–Crippen MR) is 71.5 cm³/mol. The van der Waals surface area contributed by atoms with E-state index in [9.17, 15) is 14.3 Å². The molecule has 1 aliphatic rings. The third-order valence-electron chi connectivity index (χ3n) is 3.81. The number of carbonyl (C=O) groups excluding carboxylic acids is 1. The minimum absolute atomic E-state index is 0.258. The molecule has 0 saturated heterocycles. The number of rotatable bonds is 3. The van der Waals surface area contributed by atoms with Gasteiger partial charge in [0, 0.05) is 6.54 Å². The molecular weight excluding hydrogens is 245 g/mol. The second-order valence-electron chi connectivity index (χ2n) is 5.48. The van der Waals surface area contributed by atoms with Gasteiger partial charge in [0.25, 0.3) is 5.91 Å². The van der Waals surface area contributed by atoms with E-state index in [1.54, 1.807) is 0 Å². The van der Waals surface area contributed by atoms with Crippen LogP contribution in [0.3, 0.4) is 0 Å². The number of phenolic OH excluding ortho intramolecular Hbond substituents is 1. The van der Waals surface area contributed by atoms with E-state index in [1.165, 1.54) is 31.0 Å². The minimum atomic E-state index is -0.686. The molecule has 1 amide bonds. The average molecular weight is 265 g/mol. The Kier molecular flexibility index (Phi) is 4.40. The summed E-state index contributed by atoms with van der Waals surface area (Å²) >= 11 is 0. The molecule has 1 fully saturated rings. The number of benzene rings is 1. The van der Waals surface area contributed by atoms with Gasteiger partial charge in [-0.3, -0.25) is 4.79 Å². The van der Waals surface area contributed by atoms with Gasteiger partial charge in [-0.15, -0.1) is 0 Å². The van der Waals surface area contributed by atoms with Gasteiger partial charge >= 0.3 is 0 Å². The first-order chi connectivity index (χ1) is 9.08. The number of amides is 1. The van der Waals surface area contributed by atoms with Crippen molar-refractivity contribution in [3.8, 4) is 5.75 Å². The average Bonchev–Trinajstić information content (AvgIpc) is 2.36. The second kappa shape index (κ2) is 6.04. The number of aromatic hydroxyl groups is 1. The van der Waals surface area contributed by atoms with Crippen molar-refractivity contribution in [2.24, 2.45) is 11.8 Å². The highest BCUT2D eigenvalue weighted by molar-refractivity contribution is 5.97. The van der Waals surface area contributed by atoms with Crippen molar-refractivity contribution < 1.29 is 14.3 Å². The van der Waals surface area contributed by atoms with Crippen molar-refractivity contribution in [2.75, 3.05) is 6.54 Å². The van der Waals surface area contributed by atoms with E-state index < -0.39 is 11.7 Å².